The second-order valence-electron chi connectivity index (χ2n) is 5.51. The second kappa shape index (κ2) is 7.45. The first-order valence-corrected chi connectivity index (χ1v) is 8.08. The van der Waals surface area contributed by atoms with Crippen LogP contribution in [0.5, 0.6) is 5.75 Å². The van der Waals surface area contributed by atoms with Crippen LogP contribution in [0.25, 0.3) is 0 Å². The molecule has 0 aliphatic carbocycles. The van der Waals surface area contributed by atoms with E-state index in [2.05, 4.69) is 15.3 Å². The Hall–Kier alpha value is -2.06. The van der Waals surface area contributed by atoms with E-state index in [9.17, 15) is 13.2 Å². The third-order valence-electron chi connectivity index (χ3n) is 3.82. The molecule has 3 rings (SSSR count). The molecule has 0 radical (unpaired) electrons. The molecule has 1 aromatic carbocycles. The third kappa shape index (κ3) is 4.32. The number of piperazine rings is 1. The first kappa shape index (κ1) is 17.8. The van der Waals surface area contributed by atoms with Crippen LogP contribution in [0.3, 0.4) is 0 Å². The van der Waals surface area contributed by atoms with Crippen molar-refractivity contribution in [3.8, 4) is 5.75 Å². The predicted octanol–water partition coefficient (Wildman–Crippen LogP) is 3.14. The van der Waals surface area contributed by atoms with Gasteiger partial charge in [0.25, 0.3) is 0 Å². The monoisotopic (exact) mass is 372 g/mol. The Morgan fingerprint density at radius 1 is 1.16 bits per heavy atom. The summed E-state index contributed by atoms with van der Waals surface area (Å²) in [7, 11) is 0. The Morgan fingerprint density at radius 3 is 2.48 bits per heavy atom. The van der Waals surface area contributed by atoms with Crippen molar-refractivity contribution in [2.75, 3.05) is 31.1 Å². The maximum atomic E-state index is 13.1. The first-order chi connectivity index (χ1) is 11.9. The van der Waals surface area contributed by atoms with Crippen molar-refractivity contribution >= 4 is 17.5 Å². The molecule has 5 nitrogen and oxygen atoms in total. The van der Waals surface area contributed by atoms with Crippen LogP contribution in [0, 0.1) is 0 Å². The van der Waals surface area contributed by atoms with Crippen LogP contribution in [0.2, 0.25) is 5.02 Å². The number of hydrogen-bond donors (Lipinski definition) is 1. The van der Waals surface area contributed by atoms with Crippen molar-refractivity contribution in [2.45, 2.75) is 12.8 Å². The molecular weight excluding hydrogens is 357 g/mol. The molecule has 2 heterocycles. The van der Waals surface area contributed by atoms with Gasteiger partial charge in [0.05, 0.1) is 18.0 Å². The normalized spacial score (nSPS) is 15.3. The number of aromatic nitrogens is 2. The lowest BCUT2D eigenvalue weighted by molar-refractivity contribution is -0.138. The lowest BCUT2D eigenvalue weighted by Gasteiger charge is -2.27. The summed E-state index contributed by atoms with van der Waals surface area (Å²) in [5.74, 6) is 0.856. The molecule has 1 saturated heterocycles. The smallest absolute Gasteiger partial charge is 0.416 e. The molecule has 1 aliphatic heterocycles. The fourth-order valence-corrected chi connectivity index (χ4v) is 2.77. The molecule has 25 heavy (non-hydrogen) atoms. The summed E-state index contributed by atoms with van der Waals surface area (Å²) in [6.07, 6.45) is -1.59. The molecule has 1 fully saturated rings. The minimum atomic E-state index is -4.49. The highest BCUT2D eigenvalue weighted by molar-refractivity contribution is 6.31. The van der Waals surface area contributed by atoms with Gasteiger partial charge in [-0.15, -0.1) is 0 Å². The zero-order valence-electron chi connectivity index (χ0n) is 13.2. The van der Waals surface area contributed by atoms with E-state index >= 15 is 0 Å². The molecule has 1 aromatic heterocycles. The molecule has 0 atom stereocenters. The standard InChI is InChI=1S/C16H16ClF3N4O/c17-14-3-1-2-13(16(18,19)20)12(14)10-25-11-8-22-15(23-9-11)24-6-4-21-5-7-24/h1-3,8-9,21H,4-7,10H2. The lowest BCUT2D eigenvalue weighted by Crippen LogP contribution is -2.44. The third-order valence-corrected chi connectivity index (χ3v) is 4.18. The number of nitrogens with zero attached hydrogens (tertiary/aromatic N) is 3. The van der Waals surface area contributed by atoms with Gasteiger partial charge < -0.3 is 15.0 Å². The number of anilines is 1. The number of nitrogens with one attached hydrogen (secondary N) is 1. The van der Waals surface area contributed by atoms with E-state index in [0.29, 0.717) is 5.95 Å². The maximum Gasteiger partial charge on any atom is 0.416 e. The average Bonchev–Trinajstić information content (AvgIpc) is 2.61. The van der Waals surface area contributed by atoms with Crippen LogP contribution in [-0.2, 0) is 12.8 Å². The van der Waals surface area contributed by atoms with Gasteiger partial charge in [-0.25, -0.2) is 9.97 Å². The molecule has 0 unspecified atom stereocenters. The van der Waals surface area contributed by atoms with Gasteiger partial charge in [-0.05, 0) is 12.1 Å². The van der Waals surface area contributed by atoms with Gasteiger partial charge in [0, 0.05) is 36.8 Å². The second-order valence-corrected chi connectivity index (χ2v) is 5.92. The van der Waals surface area contributed by atoms with Gasteiger partial charge in [0.2, 0.25) is 5.95 Å². The highest BCUT2D eigenvalue weighted by Gasteiger charge is 2.34. The number of alkyl halides is 3. The van der Waals surface area contributed by atoms with Crippen LogP contribution < -0.4 is 15.0 Å². The van der Waals surface area contributed by atoms with Gasteiger partial charge in [0.1, 0.15) is 6.61 Å². The summed E-state index contributed by atoms with van der Waals surface area (Å²) in [6.45, 7) is 3.00. The Balaban J connectivity index is 1.70. The molecule has 0 spiro atoms. The van der Waals surface area contributed by atoms with Crippen molar-refractivity contribution in [2.24, 2.45) is 0 Å². The summed E-state index contributed by atoms with van der Waals surface area (Å²) in [6, 6.07) is 3.65. The van der Waals surface area contributed by atoms with Crippen LogP contribution in [0.1, 0.15) is 11.1 Å². The molecule has 0 amide bonds. The number of benzene rings is 1. The SMILES string of the molecule is FC(F)(F)c1cccc(Cl)c1COc1cnc(N2CCNCC2)nc1. The van der Waals surface area contributed by atoms with Crippen molar-refractivity contribution < 1.29 is 17.9 Å². The predicted molar refractivity (Wildman–Crippen MR) is 87.9 cm³/mol. The molecule has 1 aliphatic rings. The van der Waals surface area contributed by atoms with E-state index in [-0.39, 0.29) is 22.9 Å². The van der Waals surface area contributed by atoms with Gasteiger partial charge in [-0.1, -0.05) is 17.7 Å². The van der Waals surface area contributed by atoms with E-state index in [1.54, 1.807) is 0 Å². The Bertz CT molecular complexity index is 718. The fourth-order valence-electron chi connectivity index (χ4n) is 2.54. The zero-order valence-corrected chi connectivity index (χ0v) is 13.9. The Labute approximate surface area is 147 Å². The summed E-state index contributed by atoms with van der Waals surface area (Å²) in [5.41, 5.74) is -0.916. The fraction of sp³-hybridized carbons (Fsp3) is 0.375. The number of hydrogen-bond acceptors (Lipinski definition) is 5. The molecule has 9 heteroatoms. The molecule has 0 saturated carbocycles. The molecule has 1 N–H and O–H groups in total. The quantitative estimate of drug-likeness (QED) is 0.893. The van der Waals surface area contributed by atoms with Gasteiger partial charge in [0.15, 0.2) is 5.75 Å². The van der Waals surface area contributed by atoms with Crippen molar-refractivity contribution in [3.05, 3.63) is 46.7 Å². The van der Waals surface area contributed by atoms with E-state index in [1.807, 2.05) is 4.90 Å². The van der Waals surface area contributed by atoms with Crippen molar-refractivity contribution in [3.63, 3.8) is 0 Å². The van der Waals surface area contributed by atoms with Crippen LogP contribution in [0.4, 0.5) is 19.1 Å². The summed E-state index contributed by atoms with van der Waals surface area (Å²) >= 11 is 5.90. The summed E-state index contributed by atoms with van der Waals surface area (Å²) in [4.78, 5) is 10.5. The van der Waals surface area contributed by atoms with Gasteiger partial charge >= 0.3 is 6.18 Å². The minimum absolute atomic E-state index is 0.00757. The molecule has 0 bridgehead atoms. The summed E-state index contributed by atoms with van der Waals surface area (Å²) in [5, 5.41) is 3.24. The topological polar surface area (TPSA) is 50.3 Å². The van der Waals surface area contributed by atoms with Crippen molar-refractivity contribution in [1.29, 1.82) is 0 Å². The molecular formula is C16H16ClF3N4O. The maximum absolute atomic E-state index is 13.1. The number of halogens is 4. The molecule has 134 valence electrons. The lowest BCUT2D eigenvalue weighted by atomic mass is 10.1. The summed E-state index contributed by atoms with van der Waals surface area (Å²) < 4.78 is 44.6. The van der Waals surface area contributed by atoms with E-state index in [4.69, 9.17) is 16.3 Å². The van der Waals surface area contributed by atoms with Crippen LogP contribution >= 0.6 is 11.6 Å². The highest BCUT2D eigenvalue weighted by atomic mass is 35.5. The Morgan fingerprint density at radius 2 is 1.84 bits per heavy atom. The zero-order chi connectivity index (χ0) is 17.9. The van der Waals surface area contributed by atoms with E-state index in [1.165, 1.54) is 24.5 Å². The van der Waals surface area contributed by atoms with Crippen LogP contribution in [0.15, 0.2) is 30.6 Å². The van der Waals surface area contributed by atoms with E-state index < -0.39 is 11.7 Å². The first-order valence-electron chi connectivity index (χ1n) is 7.70. The van der Waals surface area contributed by atoms with Gasteiger partial charge in [-0.3, -0.25) is 0 Å². The average molecular weight is 373 g/mol. The number of rotatable bonds is 4. The van der Waals surface area contributed by atoms with Crippen LogP contribution in [-0.4, -0.2) is 36.1 Å². The highest BCUT2D eigenvalue weighted by Crippen LogP contribution is 2.35. The minimum Gasteiger partial charge on any atom is -0.486 e. The number of ether oxygens (including phenoxy) is 1. The van der Waals surface area contributed by atoms with Crippen molar-refractivity contribution in [1.82, 2.24) is 15.3 Å². The molecule has 2 aromatic rings. The largest absolute Gasteiger partial charge is 0.486 e. The van der Waals surface area contributed by atoms with Gasteiger partial charge in [-0.2, -0.15) is 13.2 Å². The van der Waals surface area contributed by atoms with E-state index in [0.717, 1.165) is 32.2 Å². The Kier molecular flexibility index (Phi) is 5.29.